The van der Waals surface area contributed by atoms with Crippen LogP contribution in [0.15, 0.2) is 48.9 Å². The summed E-state index contributed by atoms with van der Waals surface area (Å²) in [5.41, 5.74) is 1.28. The molecule has 13 heteroatoms. The van der Waals surface area contributed by atoms with Gasteiger partial charge in [-0.05, 0) is 29.3 Å². The van der Waals surface area contributed by atoms with Crippen molar-refractivity contribution in [3.8, 4) is 0 Å². The van der Waals surface area contributed by atoms with Crippen molar-refractivity contribution < 1.29 is 26.0 Å². The molecule has 0 unspecified atom stereocenters. The van der Waals surface area contributed by atoms with Crippen molar-refractivity contribution in [2.24, 2.45) is 0 Å². The van der Waals surface area contributed by atoms with Crippen LogP contribution in [0, 0.1) is 5.95 Å². The number of fused-ring (bicyclic) bond motifs is 1. The van der Waals surface area contributed by atoms with Gasteiger partial charge in [-0.3, -0.25) is 9.71 Å². The minimum atomic E-state index is -4.51. The number of alkyl halides is 3. The smallest absolute Gasteiger partial charge is 0.366 e. The van der Waals surface area contributed by atoms with E-state index in [0.717, 1.165) is 18.5 Å². The third kappa shape index (κ3) is 5.60. The first-order valence-corrected chi connectivity index (χ1v) is 11.7. The first-order valence-electron chi connectivity index (χ1n) is 9.83. The van der Waals surface area contributed by atoms with Crippen LogP contribution in [0.1, 0.15) is 22.4 Å². The molecule has 4 aromatic heterocycles. The zero-order chi connectivity index (χ0) is 24.5. The summed E-state index contributed by atoms with van der Waals surface area (Å²) in [6, 6.07) is 6.86. The molecule has 0 aliphatic rings. The quantitative estimate of drug-likeness (QED) is 0.264. The Morgan fingerprint density at radius 2 is 1.85 bits per heavy atom. The number of sulfonamides is 1. The number of halogens is 4. The average Bonchev–Trinajstić information content (AvgIpc) is 3.14. The van der Waals surface area contributed by atoms with E-state index in [1.54, 1.807) is 24.4 Å². The summed E-state index contributed by atoms with van der Waals surface area (Å²) in [6.45, 7) is 0.112. The zero-order valence-corrected chi connectivity index (χ0v) is 18.4. The second-order valence-electron chi connectivity index (χ2n) is 7.53. The Morgan fingerprint density at radius 1 is 1.06 bits per heavy atom. The molecule has 0 aromatic carbocycles. The topological polar surface area (TPSA) is 113 Å². The molecule has 3 N–H and O–H groups in total. The number of H-pyrrole nitrogens is 1. The molecule has 0 fully saturated rings. The SMILES string of the molecule is CS(=O)(=O)Nc1cnc2[nH]cc(Cc3ccc(NCc4ccc(C(F)(F)F)nc4)nc3F)c2c1. The Hall–Kier alpha value is -3.74. The number of anilines is 2. The highest BCUT2D eigenvalue weighted by Crippen LogP contribution is 2.27. The van der Waals surface area contributed by atoms with Crippen LogP contribution in [0.25, 0.3) is 11.0 Å². The number of pyridine rings is 3. The fourth-order valence-electron chi connectivity index (χ4n) is 3.26. The molecule has 0 spiro atoms. The molecule has 178 valence electrons. The maximum atomic E-state index is 14.6. The van der Waals surface area contributed by atoms with Crippen molar-refractivity contribution in [3.05, 3.63) is 77.3 Å². The van der Waals surface area contributed by atoms with Crippen molar-refractivity contribution in [3.63, 3.8) is 0 Å². The Balaban J connectivity index is 1.46. The third-order valence-electron chi connectivity index (χ3n) is 4.82. The molecule has 0 atom stereocenters. The molecule has 4 aromatic rings. The average molecular weight is 494 g/mol. The fourth-order valence-corrected chi connectivity index (χ4v) is 3.80. The minimum Gasteiger partial charge on any atom is -0.366 e. The normalized spacial score (nSPS) is 12.1. The maximum absolute atomic E-state index is 14.6. The number of nitrogens with one attached hydrogen (secondary N) is 3. The second kappa shape index (κ2) is 8.89. The van der Waals surface area contributed by atoms with Gasteiger partial charge >= 0.3 is 6.18 Å². The Kier molecular flexibility index (Phi) is 6.13. The summed E-state index contributed by atoms with van der Waals surface area (Å²) in [7, 11) is -3.48. The molecule has 0 saturated heterocycles. The van der Waals surface area contributed by atoms with Crippen molar-refractivity contribution in [2.75, 3.05) is 16.3 Å². The lowest BCUT2D eigenvalue weighted by Gasteiger charge is -2.09. The van der Waals surface area contributed by atoms with Crippen molar-refractivity contribution in [1.82, 2.24) is 19.9 Å². The minimum absolute atomic E-state index is 0.112. The van der Waals surface area contributed by atoms with Gasteiger partial charge in [-0.15, -0.1) is 0 Å². The molecule has 34 heavy (non-hydrogen) atoms. The van der Waals surface area contributed by atoms with Crippen LogP contribution in [0.3, 0.4) is 0 Å². The lowest BCUT2D eigenvalue weighted by molar-refractivity contribution is -0.141. The van der Waals surface area contributed by atoms with Crippen molar-refractivity contribution in [2.45, 2.75) is 19.1 Å². The van der Waals surface area contributed by atoms with Gasteiger partial charge < -0.3 is 10.3 Å². The molecule has 0 aliphatic carbocycles. The summed E-state index contributed by atoms with van der Waals surface area (Å²) in [5.74, 6) is -0.510. The first-order chi connectivity index (χ1) is 16.0. The van der Waals surface area contributed by atoms with E-state index in [-0.39, 0.29) is 24.5 Å². The van der Waals surface area contributed by atoms with Crippen LogP contribution in [0.2, 0.25) is 0 Å². The van der Waals surface area contributed by atoms with E-state index in [2.05, 4.69) is 30.0 Å². The Morgan fingerprint density at radius 3 is 2.50 bits per heavy atom. The number of hydrogen-bond donors (Lipinski definition) is 3. The van der Waals surface area contributed by atoms with Gasteiger partial charge in [-0.25, -0.2) is 18.4 Å². The number of nitrogens with zero attached hydrogens (tertiary/aromatic N) is 3. The highest BCUT2D eigenvalue weighted by molar-refractivity contribution is 7.92. The van der Waals surface area contributed by atoms with Crippen LogP contribution in [0.4, 0.5) is 29.1 Å². The van der Waals surface area contributed by atoms with E-state index in [9.17, 15) is 26.0 Å². The van der Waals surface area contributed by atoms with E-state index in [1.165, 1.54) is 12.3 Å². The van der Waals surface area contributed by atoms with Gasteiger partial charge in [0.2, 0.25) is 16.0 Å². The van der Waals surface area contributed by atoms with Gasteiger partial charge in [0.15, 0.2) is 0 Å². The maximum Gasteiger partial charge on any atom is 0.433 e. The van der Waals surface area contributed by atoms with Crippen LogP contribution >= 0.6 is 0 Å². The molecule has 0 amide bonds. The van der Waals surface area contributed by atoms with Gasteiger partial charge in [0.05, 0.1) is 18.1 Å². The van der Waals surface area contributed by atoms with Gasteiger partial charge in [0.1, 0.15) is 17.2 Å². The number of hydrogen-bond acceptors (Lipinski definition) is 6. The molecule has 0 saturated carbocycles. The van der Waals surface area contributed by atoms with Gasteiger partial charge in [-0.1, -0.05) is 12.1 Å². The van der Waals surface area contributed by atoms with Crippen molar-refractivity contribution in [1.29, 1.82) is 0 Å². The molecule has 0 bridgehead atoms. The van der Waals surface area contributed by atoms with E-state index in [4.69, 9.17) is 0 Å². The first kappa shape index (κ1) is 23.4. The monoisotopic (exact) mass is 494 g/mol. The standard InChI is InChI=1S/C21H18F4N6O2S/c1-34(32,33)31-15-7-16-14(10-28-20(16)29-11-15)6-13-3-5-18(30-19(13)22)27-9-12-2-4-17(26-8-12)21(23,24)25/h2-5,7-8,10-11,31H,6,9H2,1H3,(H,27,30)(H,28,29). The third-order valence-corrected chi connectivity index (χ3v) is 5.42. The van der Waals surface area contributed by atoms with Crippen LogP contribution in [0.5, 0.6) is 0 Å². The van der Waals surface area contributed by atoms with E-state index in [1.807, 2.05) is 0 Å². The Bertz CT molecular complexity index is 1440. The molecular weight excluding hydrogens is 476 g/mol. The van der Waals surface area contributed by atoms with Crippen molar-refractivity contribution >= 4 is 32.6 Å². The molecular formula is C21H18F4N6O2S. The highest BCUT2D eigenvalue weighted by Gasteiger charge is 2.31. The predicted molar refractivity (Wildman–Crippen MR) is 118 cm³/mol. The number of rotatable bonds is 7. The summed E-state index contributed by atoms with van der Waals surface area (Å²) in [5, 5.41) is 3.48. The van der Waals surface area contributed by atoms with E-state index >= 15 is 0 Å². The van der Waals surface area contributed by atoms with Crippen LogP contribution < -0.4 is 10.0 Å². The summed E-state index contributed by atoms with van der Waals surface area (Å²) >= 11 is 0. The summed E-state index contributed by atoms with van der Waals surface area (Å²) in [4.78, 5) is 14.4. The van der Waals surface area contributed by atoms with E-state index < -0.39 is 27.8 Å². The summed E-state index contributed by atoms with van der Waals surface area (Å²) < 4.78 is 77.7. The van der Waals surface area contributed by atoms with E-state index in [0.29, 0.717) is 27.7 Å². The second-order valence-corrected chi connectivity index (χ2v) is 9.28. The molecule has 0 aliphatic heterocycles. The van der Waals surface area contributed by atoms with Gasteiger partial charge in [-0.2, -0.15) is 17.6 Å². The molecule has 4 rings (SSSR count). The predicted octanol–water partition coefficient (Wildman–Crippen LogP) is 4.09. The lowest BCUT2D eigenvalue weighted by Crippen LogP contribution is -2.09. The molecule has 0 radical (unpaired) electrons. The Labute approximate surface area is 191 Å². The highest BCUT2D eigenvalue weighted by atomic mass is 32.2. The largest absolute Gasteiger partial charge is 0.433 e. The van der Waals surface area contributed by atoms with Crippen LogP contribution in [-0.4, -0.2) is 34.6 Å². The zero-order valence-electron chi connectivity index (χ0n) is 17.6. The molecule has 8 nitrogen and oxygen atoms in total. The number of aromatic nitrogens is 4. The number of aromatic amines is 1. The summed E-state index contributed by atoms with van der Waals surface area (Å²) in [6.07, 6.45) is 0.813. The van der Waals surface area contributed by atoms with Gasteiger partial charge in [0, 0.05) is 36.3 Å². The molecule has 4 heterocycles. The lowest BCUT2D eigenvalue weighted by atomic mass is 10.1. The fraction of sp³-hybridized carbons (Fsp3) is 0.190. The van der Waals surface area contributed by atoms with Gasteiger partial charge in [0.25, 0.3) is 0 Å². The van der Waals surface area contributed by atoms with Crippen LogP contribution in [-0.2, 0) is 29.2 Å².